The van der Waals surface area contributed by atoms with Crippen LogP contribution in [0, 0.1) is 11.8 Å². The van der Waals surface area contributed by atoms with Gasteiger partial charge in [-0.05, 0) is 31.1 Å². The summed E-state index contributed by atoms with van der Waals surface area (Å²) in [4.78, 5) is 6.87. The van der Waals surface area contributed by atoms with Crippen LogP contribution in [0.5, 0.6) is 0 Å². The first-order valence-corrected chi connectivity index (χ1v) is 7.15. The van der Waals surface area contributed by atoms with Gasteiger partial charge in [0.2, 0.25) is 0 Å². The molecule has 1 unspecified atom stereocenters. The summed E-state index contributed by atoms with van der Waals surface area (Å²) in [6, 6.07) is 1.54. The normalized spacial score (nSPS) is 24.2. The van der Waals surface area contributed by atoms with Crippen LogP contribution in [-0.2, 0) is 6.54 Å². The van der Waals surface area contributed by atoms with E-state index in [1.165, 1.54) is 19.3 Å². The number of nitrogens with zero attached hydrogens (tertiary/aromatic N) is 2. The summed E-state index contributed by atoms with van der Waals surface area (Å²) in [5.74, 6) is 1.53. The lowest BCUT2D eigenvalue weighted by atomic mass is 9.95. The molecule has 4 nitrogen and oxygen atoms in total. The van der Waals surface area contributed by atoms with Gasteiger partial charge in [-0.2, -0.15) is 4.98 Å². The quantitative estimate of drug-likeness (QED) is 0.870. The van der Waals surface area contributed by atoms with Crippen LogP contribution in [0.15, 0.2) is 10.7 Å². The molecule has 4 heteroatoms. The first-order chi connectivity index (χ1) is 8.72. The monoisotopic (exact) mass is 249 g/mol. The number of rotatable bonds is 5. The molecule has 18 heavy (non-hydrogen) atoms. The van der Waals surface area contributed by atoms with Gasteiger partial charge in [-0.15, -0.1) is 0 Å². The molecule has 3 rings (SSSR count). The highest BCUT2D eigenvalue weighted by atomic mass is 16.4. The Bertz CT molecular complexity index is 397. The second kappa shape index (κ2) is 4.92. The maximum atomic E-state index is 5.60. The maximum Gasteiger partial charge on any atom is 0.297 e. The molecule has 0 spiro atoms. The highest BCUT2D eigenvalue weighted by molar-refractivity contribution is 5.29. The van der Waals surface area contributed by atoms with Gasteiger partial charge in [-0.3, -0.25) is 0 Å². The van der Waals surface area contributed by atoms with Gasteiger partial charge < -0.3 is 14.6 Å². The predicted octanol–water partition coefficient (Wildman–Crippen LogP) is 2.41. The molecule has 0 bridgehead atoms. The molecule has 1 aromatic rings. The molecular weight excluding hydrogens is 226 g/mol. The van der Waals surface area contributed by atoms with Crippen molar-refractivity contribution in [2.75, 3.05) is 18.0 Å². The van der Waals surface area contributed by atoms with Crippen LogP contribution in [0.1, 0.15) is 38.8 Å². The first-order valence-electron chi connectivity index (χ1n) is 7.15. The van der Waals surface area contributed by atoms with E-state index < -0.39 is 0 Å². The van der Waals surface area contributed by atoms with Crippen molar-refractivity contribution < 1.29 is 4.42 Å². The van der Waals surface area contributed by atoms with Crippen molar-refractivity contribution in [3.8, 4) is 0 Å². The number of nitrogens with one attached hydrogen (secondary N) is 1. The summed E-state index contributed by atoms with van der Waals surface area (Å²) in [6.07, 6.45) is 5.68. The molecule has 0 amide bonds. The Balaban J connectivity index is 1.55. The fourth-order valence-corrected chi connectivity index (χ4v) is 2.56. The molecule has 2 fully saturated rings. The number of aromatic nitrogens is 1. The van der Waals surface area contributed by atoms with E-state index in [-0.39, 0.29) is 0 Å². The lowest BCUT2D eigenvalue weighted by Crippen LogP contribution is -2.21. The van der Waals surface area contributed by atoms with Crippen LogP contribution in [0.2, 0.25) is 0 Å². The molecule has 2 aliphatic rings. The second-order valence-corrected chi connectivity index (χ2v) is 6.02. The Morgan fingerprint density at radius 1 is 1.44 bits per heavy atom. The van der Waals surface area contributed by atoms with Crippen molar-refractivity contribution in [3.05, 3.63) is 12.0 Å². The van der Waals surface area contributed by atoms with Gasteiger partial charge in [0.15, 0.2) is 0 Å². The van der Waals surface area contributed by atoms with Gasteiger partial charge in [0.25, 0.3) is 6.01 Å². The fourth-order valence-electron chi connectivity index (χ4n) is 2.56. The molecule has 1 saturated carbocycles. The summed E-state index contributed by atoms with van der Waals surface area (Å²) in [6.45, 7) is 7.62. The van der Waals surface area contributed by atoms with E-state index in [0.717, 1.165) is 49.2 Å². The molecule has 100 valence electrons. The Morgan fingerprint density at radius 3 is 2.94 bits per heavy atom. The van der Waals surface area contributed by atoms with Gasteiger partial charge in [0.05, 0.1) is 5.69 Å². The van der Waals surface area contributed by atoms with E-state index in [0.29, 0.717) is 0 Å². The van der Waals surface area contributed by atoms with Crippen molar-refractivity contribution in [1.82, 2.24) is 10.3 Å². The van der Waals surface area contributed by atoms with Crippen molar-refractivity contribution in [2.24, 2.45) is 11.8 Å². The van der Waals surface area contributed by atoms with Crippen LogP contribution in [0.3, 0.4) is 0 Å². The van der Waals surface area contributed by atoms with E-state index in [2.05, 4.69) is 29.0 Å². The Hall–Kier alpha value is -1.03. The predicted molar refractivity (Wildman–Crippen MR) is 71.5 cm³/mol. The molecule has 1 aromatic heterocycles. The number of oxazole rings is 1. The largest absolute Gasteiger partial charge is 0.432 e. The molecule has 1 aliphatic carbocycles. The van der Waals surface area contributed by atoms with Crippen LogP contribution in [-0.4, -0.2) is 24.1 Å². The van der Waals surface area contributed by atoms with E-state index in [1.807, 2.05) is 0 Å². The summed E-state index contributed by atoms with van der Waals surface area (Å²) < 4.78 is 5.60. The molecule has 1 aliphatic heterocycles. The standard InChI is InChI=1S/C14H23N3O/c1-10(2)11-5-6-17(8-11)14-16-13(9-18-14)7-15-12-3-4-12/h9-12,15H,3-8H2,1-2H3. The van der Waals surface area contributed by atoms with E-state index in [1.54, 1.807) is 6.26 Å². The molecule has 2 heterocycles. The van der Waals surface area contributed by atoms with Gasteiger partial charge >= 0.3 is 0 Å². The van der Waals surface area contributed by atoms with Crippen molar-refractivity contribution in [1.29, 1.82) is 0 Å². The van der Waals surface area contributed by atoms with Gasteiger partial charge in [-0.25, -0.2) is 0 Å². The van der Waals surface area contributed by atoms with E-state index >= 15 is 0 Å². The summed E-state index contributed by atoms with van der Waals surface area (Å²) in [7, 11) is 0. The van der Waals surface area contributed by atoms with Crippen LogP contribution in [0.25, 0.3) is 0 Å². The molecule has 1 atom stereocenters. The first kappa shape index (κ1) is 12.0. The minimum atomic E-state index is 0.724. The van der Waals surface area contributed by atoms with Crippen LogP contribution >= 0.6 is 0 Å². The zero-order valence-electron chi connectivity index (χ0n) is 11.4. The topological polar surface area (TPSA) is 41.3 Å². The molecule has 0 radical (unpaired) electrons. The van der Waals surface area contributed by atoms with Gasteiger partial charge in [0.1, 0.15) is 6.26 Å². The fraction of sp³-hybridized carbons (Fsp3) is 0.786. The number of anilines is 1. The van der Waals surface area contributed by atoms with Crippen LogP contribution in [0.4, 0.5) is 6.01 Å². The summed E-state index contributed by atoms with van der Waals surface area (Å²) >= 11 is 0. The van der Waals surface area contributed by atoms with E-state index in [4.69, 9.17) is 4.42 Å². The third-order valence-corrected chi connectivity index (χ3v) is 4.13. The van der Waals surface area contributed by atoms with Crippen LogP contribution < -0.4 is 10.2 Å². The lowest BCUT2D eigenvalue weighted by molar-refractivity contribution is 0.420. The Morgan fingerprint density at radius 2 is 2.28 bits per heavy atom. The highest BCUT2D eigenvalue weighted by Gasteiger charge is 2.27. The molecular formula is C14H23N3O. The minimum Gasteiger partial charge on any atom is -0.432 e. The summed E-state index contributed by atoms with van der Waals surface area (Å²) in [5, 5.41) is 3.46. The third kappa shape index (κ3) is 2.69. The highest BCUT2D eigenvalue weighted by Crippen LogP contribution is 2.27. The number of hydrogen-bond acceptors (Lipinski definition) is 4. The average molecular weight is 249 g/mol. The smallest absolute Gasteiger partial charge is 0.297 e. The second-order valence-electron chi connectivity index (χ2n) is 6.02. The lowest BCUT2D eigenvalue weighted by Gasteiger charge is -2.15. The Kier molecular flexibility index (Phi) is 3.29. The zero-order chi connectivity index (χ0) is 12.5. The average Bonchev–Trinajstić information content (AvgIpc) is 2.88. The minimum absolute atomic E-state index is 0.724. The van der Waals surface area contributed by atoms with Crippen molar-refractivity contribution in [2.45, 2.75) is 45.7 Å². The molecule has 1 saturated heterocycles. The van der Waals surface area contributed by atoms with Crippen molar-refractivity contribution in [3.63, 3.8) is 0 Å². The SMILES string of the molecule is CC(C)C1CCN(c2nc(CNC3CC3)co2)C1. The zero-order valence-corrected chi connectivity index (χ0v) is 11.4. The van der Waals surface area contributed by atoms with E-state index in [9.17, 15) is 0 Å². The van der Waals surface area contributed by atoms with Gasteiger partial charge in [-0.1, -0.05) is 13.8 Å². The Labute approximate surface area is 109 Å². The molecule has 0 aromatic carbocycles. The summed E-state index contributed by atoms with van der Waals surface area (Å²) in [5.41, 5.74) is 1.03. The van der Waals surface area contributed by atoms with Gasteiger partial charge in [0, 0.05) is 25.7 Å². The number of hydrogen-bond donors (Lipinski definition) is 1. The van der Waals surface area contributed by atoms with Crippen molar-refractivity contribution >= 4 is 6.01 Å². The third-order valence-electron chi connectivity index (χ3n) is 4.13. The maximum absolute atomic E-state index is 5.60. The molecule has 1 N–H and O–H groups in total.